The number of primary amides is 1. The van der Waals surface area contributed by atoms with Gasteiger partial charge in [0.15, 0.2) is 5.75 Å². The molecule has 1 rings (SSSR count). The van der Waals surface area contributed by atoms with Crippen molar-refractivity contribution in [1.82, 2.24) is 0 Å². The van der Waals surface area contributed by atoms with Crippen molar-refractivity contribution in [3.8, 4) is 5.75 Å². The van der Waals surface area contributed by atoms with Gasteiger partial charge in [-0.05, 0) is 12.1 Å². The molecule has 0 fully saturated rings. The van der Waals surface area contributed by atoms with E-state index in [9.17, 15) is 14.9 Å². The third kappa shape index (κ3) is 5.04. The molecule has 15 heavy (non-hydrogen) atoms. The summed E-state index contributed by atoms with van der Waals surface area (Å²) in [6.07, 6.45) is 1.06. The molecular formula is C9H10N2O4. The highest BCUT2D eigenvalue weighted by Gasteiger charge is 2.09. The van der Waals surface area contributed by atoms with Crippen LogP contribution in [0, 0.1) is 10.1 Å². The summed E-state index contributed by atoms with van der Waals surface area (Å²) in [5.74, 6) is -0.780. The topological polar surface area (TPSA) is 106 Å². The summed E-state index contributed by atoms with van der Waals surface area (Å²) in [5, 5.41) is 18.9. The van der Waals surface area contributed by atoms with E-state index in [1.54, 1.807) is 0 Å². The lowest BCUT2D eigenvalue weighted by atomic mass is 10.3. The van der Waals surface area contributed by atoms with Gasteiger partial charge >= 0.3 is 5.69 Å². The number of hydrogen-bond donors (Lipinski definition) is 2. The van der Waals surface area contributed by atoms with Crippen molar-refractivity contribution in [2.45, 2.75) is 0 Å². The molecule has 0 heterocycles. The molecule has 80 valence electrons. The van der Waals surface area contributed by atoms with Gasteiger partial charge in [-0.1, -0.05) is 18.7 Å². The van der Waals surface area contributed by atoms with E-state index >= 15 is 0 Å². The number of rotatable bonds is 2. The number of nitrogens with two attached hydrogens (primary N) is 1. The molecule has 0 aliphatic heterocycles. The molecule has 0 saturated carbocycles. The molecule has 0 spiro atoms. The molecule has 0 aliphatic rings. The van der Waals surface area contributed by atoms with Gasteiger partial charge in [-0.15, -0.1) is 0 Å². The fourth-order valence-electron chi connectivity index (χ4n) is 0.619. The smallest absolute Gasteiger partial charge is 0.310 e. The Hall–Kier alpha value is -2.37. The highest BCUT2D eigenvalue weighted by Crippen LogP contribution is 2.23. The molecule has 1 aromatic rings. The van der Waals surface area contributed by atoms with Gasteiger partial charge in [-0.2, -0.15) is 0 Å². The molecule has 0 aliphatic carbocycles. The predicted octanol–water partition coefficient (Wildman–Crippen LogP) is 0.958. The zero-order chi connectivity index (χ0) is 11.8. The molecule has 6 heteroatoms. The van der Waals surface area contributed by atoms with Crippen molar-refractivity contribution in [3.63, 3.8) is 0 Å². The molecule has 0 unspecified atom stereocenters. The molecule has 6 nitrogen and oxygen atoms in total. The van der Waals surface area contributed by atoms with Gasteiger partial charge in [-0.25, -0.2) is 0 Å². The Labute approximate surface area is 85.8 Å². The number of nitro benzene ring substituents is 1. The van der Waals surface area contributed by atoms with Crippen LogP contribution in [-0.4, -0.2) is 15.9 Å². The van der Waals surface area contributed by atoms with Crippen LogP contribution in [0.4, 0.5) is 5.69 Å². The molecule has 0 atom stereocenters. The lowest BCUT2D eigenvalue weighted by molar-refractivity contribution is -0.385. The average Bonchev–Trinajstić information content (AvgIpc) is 2.19. The lowest BCUT2D eigenvalue weighted by Crippen LogP contribution is -2.04. The summed E-state index contributed by atoms with van der Waals surface area (Å²) in [7, 11) is 0. The zero-order valence-corrected chi connectivity index (χ0v) is 7.79. The van der Waals surface area contributed by atoms with Crippen molar-refractivity contribution in [3.05, 3.63) is 47.0 Å². The molecule has 3 N–H and O–H groups in total. The second-order valence-corrected chi connectivity index (χ2v) is 2.35. The SMILES string of the molecule is C=CC(N)=O.O=[N+]([O-])c1ccccc1O. The number of nitro groups is 1. The molecule has 1 amide bonds. The van der Waals surface area contributed by atoms with Crippen molar-refractivity contribution in [2.24, 2.45) is 5.73 Å². The maximum Gasteiger partial charge on any atom is 0.310 e. The van der Waals surface area contributed by atoms with Crippen LogP contribution in [0.5, 0.6) is 5.75 Å². The van der Waals surface area contributed by atoms with Gasteiger partial charge in [0.25, 0.3) is 0 Å². The maximum atomic E-state index is 10.1. The number of aromatic hydroxyl groups is 1. The van der Waals surface area contributed by atoms with Crippen molar-refractivity contribution >= 4 is 11.6 Å². The quantitative estimate of drug-likeness (QED) is 0.430. The lowest BCUT2D eigenvalue weighted by Gasteiger charge is -1.91. The monoisotopic (exact) mass is 210 g/mol. The fourth-order valence-corrected chi connectivity index (χ4v) is 0.619. The van der Waals surface area contributed by atoms with Crippen LogP contribution >= 0.6 is 0 Å². The predicted molar refractivity (Wildman–Crippen MR) is 54.2 cm³/mol. The van der Waals surface area contributed by atoms with Crippen molar-refractivity contribution in [1.29, 1.82) is 0 Å². The van der Waals surface area contributed by atoms with E-state index < -0.39 is 10.8 Å². The Bertz CT molecular complexity index is 376. The number of carbonyl (C=O) groups excluding carboxylic acids is 1. The van der Waals surface area contributed by atoms with Crippen LogP contribution < -0.4 is 5.73 Å². The summed E-state index contributed by atoms with van der Waals surface area (Å²) in [6, 6.07) is 5.55. The zero-order valence-electron chi connectivity index (χ0n) is 7.79. The van der Waals surface area contributed by atoms with Crippen LogP contribution in [0.15, 0.2) is 36.9 Å². The molecular weight excluding hydrogens is 200 g/mol. The number of hydrogen-bond acceptors (Lipinski definition) is 4. The van der Waals surface area contributed by atoms with Crippen molar-refractivity contribution < 1.29 is 14.8 Å². The summed E-state index contributed by atoms with van der Waals surface area (Å²) in [6.45, 7) is 3.09. The average molecular weight is 210 g/mol. The van der Waals surface area contributed by atoms with E-state index in [-0.39, 0.29) is 11.4 Å². The Morgan fingerprint density at radius 2 is 2.00 bits per heavy atom. The minimum Gasteiger partial charge on any atom is -0.502 e. The highest BCUT2D eigenvalue weighted by molar-refractivity contribution is 5.84. The number of carbonyl (C=O) groups is 1. The normalized spacial score (nSPS) is 8.27. The highest BCUT2D eigenvalue weighted by atomic mass is 16.6. The second-order valence-electron chi connectivity index (χ2n) is 2.35. The number of para-hydroxylation sites is 2. The van der Waals surface area contributed by atoms with Gasteiger partial charge in [-0.3, -0.25) is 14.9 Å². The number of phenolic OH excluding ortho intramolecular Hbond substituents is 1. The van der Waals surface area contributed by atoms with Crippen LogP contribution in [-0.2, 0) is 4.79 Å². The number of benzene rings is 1. The first-order valence-electron chi connectivity index (χ1n) is 3.83. The minimum atomic E-state index is -0.630. The van der Waals surface area contributed by atoms with E-state index in [1.807, 2.05) is 0 Å². The Morgan fingerprint density at radius 3 is 2.27 bits per heavy atom. The maximum absolute atomic E-state index is 10.1. The first kappa shape index (κ1) is 12.6. The number of phenols is 1. The van der Waals surface area contributed by atoms with E-state index in [1.165, 1.54) is 24.3 Å². The Kier molecular flexibility index (Phi) is 5.17. The van der Waals surface area contributed by atoms with E-state index in [2.05, 4.69) is 12.3 Å². The van der Waals surface area contributed by atoms with Gasteiger partial charge in [0.2, 0.25) is 5.91 Å². The molecule has 0 radical (unpaired) electrons. The summed E-state index contributed by atoms with van der Waals surface area (Å²) >= 11 is 0. The van der Waals surface area contributed by atoms with Gasteiger partial charge < -0.3 is 10.8 Å². The third-order valence-corrected chi connectivity index (χ3v) is 1.28. The Balaban J connectivity index is 0.000000336. The number of nitrogens with zero attached hydrogens (tertiary/aromatic N) is 1. The third-order valence-electron chi connectivity index (χ3n) is 1.28. The van der Waals surface area contributed by atoms with Gasteiger partial charge in [0, 0.05) is 6.07 Å². The minimum absolute atomic E-state index is 0.262. The molecule has 1 aromatic carbocycles. The van der Waals surface area contributed by atoms with Crippen LogP contribution in [0.3, 0.4) is 0 Å². The van der Waals surface area contributed by atoms with Crippen LogP contribution in [0.25, 0.3) is 0 Å². The summed E-state index contributed by atoms with van der Waals surface area (Å²) < 4.78 is 0. The van der Waals surface area contributed by atoms with Crippen molar-refractivity contribution in [2.75, 3.05) is 0 Å². The van der Waals surface area contributed by atoms with E-state index in [4.69, 9.17) is 5.11 Å². The van der Waals surface area contributed by atoms with Crippen LogP contribution in [0.2, 0.25) is 0 Å². The summed E-state index contributed by atoms with van der Waals surface area (Å²) in [4.78, 5) is 18.9. The first-order chi connectivity index (χ1) is 6.99. The Morgan fingerprint density at radius 1 is 1.53 bits per heavy atom. The van der Waals surface area contributed by atoms with Gasteiger partial charge in [0.1, 0.15) is 0 Å². The fraction of sp³-hybridized carbons (Fsp3) is 0. The number of amides is 1. The second kappa shape index (κ2) is 6.14. The standard InChI is InChI=1S/C6H5NO3.C3H5NO/c8-6-4-2-1-3-5(6)7(9)10;1-2-3(4)5/h1-4,8H;2H,1H2,(H2,4,5). The van der Waals surface area contributed by atoms with Gasteiger partial charge in [0.05, 0.1) is 4.92 Å². The molecule has 0 bridgehead atoms. The van der Waals surface area contributed by atoms with Crippen LogP contribution in [0.1, 0.15) is 0 Å². The summed E-state index contributed by atoms with van der Waals surface area (Å²) in [5.41, 5.74) is 4.27. The first-order valence-corrected chi connectivity index (χ1v) is 3.83. The van der Waals surface area contributed by atoms with E-state index in [0.29, 0.717) is 0 Å². The molecule has 0 aromatic heterocycles. The van der Waals surface area contributed by atoms with E-state index in [0.717, 1.165) is 6.08 Å². The molecule has 0 saturated heterocycles. The largest absolute Gasteiger partial charge is 0.502 e.